The van der Waals surface area contributed by atoms with Gasteiger partial charge in [0.2, 0.25) is 11.8 Å². The largest absolute Gasteiger partial charge is 0.312 e. The Hall–Kier alpha value is -2.90. The fourth-order valence-corrected chi connectivity index (χ4v) is 3.86. The Labute approximate surface area is 183 Å². The molecule has 0 spiro atoms. The summed E-state index contributed by atoms with van der Waals surface area (Å²) in [5, 5.41) is 7.95. The Kier molecular flexibility index (Phi) is 5.49. The van der Waals surface area contributed by atoms with E-state index in [1.165, 1.54) is 10.9 Å². The van der Waals surface area contributed by atoms with Gasteiger partial charge in [-0.05, 0) is 32.0 Å². The summed E-state index contributed by atoms with van der Waals surface area (Å²) in [5.74, 6) is -0.0323. The Morgan fingerprint density at radius 1 is 1.17 bits per heavy atom. The number of amides is 2. The molecule has 0 radical (unpaired) electrons. The van der Waals surface area contributed by atoms with Gasteiger partial charge in [-0.1, -0.05) is 40.9 Å². The molecule has 1 aliphatic rings. The maximum atomic E-state index is 12.9. The second-order valence-electron chi connectivity index (χ2n) is 7.27. The van der Waals surface area contributed by atoms with Gasteiger partial charge >= 0.3 is 0 Å². The minimum Gasteiger partial charge on any atom is -0.312 e. The normalized spacial score (nSPS) is 16.2. The van der Waals surface area contributed by atoms with Crippen LogP contribution in [-0.2, 0) is 9.59 Å². The third-order valence-corrected chi connectivity index (χ3v) is 5.40. The molecule has 0 bridgehead atoms. The molecule has 0 aliphatic carbocycles. The zero-order valence-electron chi connectivity index (χ0n) is 16.4. The summed E-state index contributed by atoms with van der Waals surface area (Å²) in [7, 11) is 0. The van der Waals surface area contributed by atoms with Crippen molar-refractivity contribution in [2.75, 3.05) is 16.8 Å². The number of carbonyl (C=O) groups excluding carboxylic acids is 2. The molecule has 3 heterocycles. The molecule has 2 amide bonds. The van der Waals surface area contributed by atoms with Gasteiger partial charge in [-0.15, -0.1) is 0 Å². The first-order chi connectivity index (χ1) is 14.3. The number of nitrogens with zero attached hydrogens (tertiary/aromatic N) is 4. The third kappa shape index (κ3) is 4.04. The van der Waals surface area contributed by atoms with Crippen molar-refractivity contribution in [1.82, 2.24) is 14.8 Å². The minimum absolute atomic E-state index is 0.0777. The molecule has 4 rings (SSSR count). The van der Waals surface area contributed by atoms with Crippen molar-refractivity contribution in [2.24, 2.45) is 5.92 Å². The van der Waals surface area contributed by atoms with Gasteiger partial charge in [0.05, 0.1) is 21.7 Å². The molecule has 1 aromatic carbocycles. The van der Waals surface area contributed by atoms with Gasteiger partial charge < -0.3 is 10.2 Å². The molecule has 1 aliphatic heterocycles. The zero-order valence-corrected chi connectivity index (χ0v) is 17.9. The van der Waals surface area contributed by atoms with E-state index >= 15 is 0 Å². The first-order valence-corrected chi connectivity index (χ1v) is 10.1. The highest BCUT2D eigenvalue weighted by molar-refractivity contribution is 6.35. The van der Waals surface area contributed by atoms with E-state index in [9.17, 15) is 9.59 Å². The van der Waals surface area contributed by atoms with Crippen molar-refractivity contribution in [1.29, 1.82) is 0 Å². The predicted molar refractivity (Wildman–Crippen MR) is 116 cm³/mol. The van der Waals surface area contributed by atoms with E-state index < -0.39 is 5.92 Å². The molecular weight excluding hydrogens is 425 g/mol. The number of nitrogens with one attached hydrogen (secondary N) is 1. The smallest absolute Gasteiger partial charge is 0.230 e. The molecule has 1 fully saturated rings. The average Bonchev–Trinajstić information content (AvgIpc) is 3.25. The first-order valence-electron chi connectivity index (χ1n) is 9.38. The van der Waals surface area contributed by atoms with E-state index in [2.05, 4.69) is 15.4 Å². The van der Waals surface area contributed by atoms with Crippen molar-refractivity contribution >= 4 is 46.5 Å². The molecule has 7 nitrogen and oxygen atoms in total. The van der Waals surface area contributed by atoms with E-state index in [1.807, 2.05) is 31.2 Å². The van der Waals surface area contributed by atoms with Crippen molar-refractivity contribution < 1.29 is 9.59 Å². The fourth-order valence-electron chi connectivity index (χ4n) is 3.40. The lowest BCUT2D eigenvalue weighted by molar-refractivity contribution is -0.122. The maximum absolute atomic E-state index is 12.9. The van der Waals surface area contributed by atoms with E-state index in [0.29, 0.717) is 33.9 Å². The van der Waals surface area contributed by atoms with Crippen LogP contribution in [0.1, 0.15) is 17.7 Å². The number of benzene rings is 1. The topological polar surface area (TPSA) is 80.1 Å². The molecule has 1 N–H and O–H groups in total. The van der Waals surface area contributed by atoms with Crippen molar-refractivity contribution in [3.63, 3.8) is 0 Å². The van der Waals surface area contributed by atoms with Crippen LogP contribution in [0.5, 0.6) is 0 Å². The molecule has 1 unspecified atom stereocenters. The minimum atomic E-state index is -0.476. The summed E-state index contributed by atoms with van der Waals surface area (Å²) in [5.41, 5.74) is 2.58. The van der Waals surface area contributed by atoms with Crippen LogP contribution in [0.15, 0.2) is 42.6 Å². The number of aryl methyl sites for hydroxylation is 2. The molecule has 0 saturated carbocycles. The lowest BCUT2D eigenvalue weighted by atomic mass is 10.1. The number of anilines is 2. The summed E-state index contributed by atoms with van der Waals surface area (Å²) >= 11 is 12.2. The second-order valence-corrected chi connectivity index (χ2v) is 8.12. The number of hydrogen-bond acceptors (Lipinski definition) is 4. The van der Waals surface area contributed by atoms with E-state index in [-0.39, 0.29) is 18.2 Å². The first kappa shape index (κ1) is 20.4. The monoisotopic (exact) mass is 443 g/mol. The van der Waals surface area contributed by atoms with Crippen LogP contribution < -0.4 is 10.2 Å². The van der Waals surface area contributed by atoms with Crippen LogP contribution in [0.3, 0.4) is 0 Å². The summed E-state index contributed by atoms with van der Waals surface area (Å²) in [6, 6.07) is 10.9. The molecule has 9 heteroatoms. The number of aromatic nitrogens is 3. The quantitative estimate of drug-likeness (QED) is 0.655. The molecule has 1 atom stereocenters. The molecule has 3 aromatic rings. The number of pyridine rings is 1. The standard InChI is InChI=1S/C21H19Cl2N5O2/c1-12-3-5-16(6-4-12)27-11-14(8-19(27)29)21(30)25-18-7-13(2)26-28(18)20-17(23)9-15(22)10-24-20/h3-7,9-10,14H,8,11H2,1-2H3,(H,25,30). The molecule has 30 heavy (non-hydrogen) atoms. The van der Waals surface area contributed by atoms with Gasteiger partial charge in [0, 0.05) is 30.9 Å². The van der Waals surface area contributed by atoms with E-state index in [0.717, 1.165) is 11.3 Å². The SMILES string of the molecule is Cc1ccc(N2CC(C(=O)Nc3cc(C)nn3-c3ncc(Cl)cc3Cl)CC2=O)cc1. The van der Waals surface area contributed by atoms with E-state index in [1.54, 1.807) is 24.0 Å². The Bertz CT molecular complexity index is 1130. The van der Waals surface area contributed by atoms with Gasteiger partial charge in [-0.3, -0.25) is 9.59 Å². The fraction of sp³-hybridized carbons (Fsp3) is 0.238. The lowest BCUT2D eigenvalue weighted by Crippen LogP contribution is -2.28. The van der Waals surface area contributed by atoms with Crippen LogP contribution in [0.25, 0.3) is 5.82 Å². The van der Waals surface area contributed by atoms with E-state index in [4.69, 9.17) is 23.2 Å². The van der Waals surface area contributed by atoms with Gasteiger partial charge in [-0.2, -0.15) is 9.78 Å². The molecular formula is C21H19Cl2N5O2. The van der Waals surface area contributed by atoms with Crippen molar-refractivity contribution in [3.8, 4) is 5.82 Å². The summed E-state index contributed by atoms with van der Waals surface area (Å²) in [6.45, 7) is 4.10. The van der Waals surface area contributed by atoms with Gasteiger partial charge in [0.1, 0.15) is 5.82 Å². The Morgan fingerprint density at radius 3 is 2.60 bits per heavy atom. The van der Waals surface area contributed by atoms with Gasteiger partial charge in [0.25, 0.3) is 0 Å². The van der Waals surface area contributed by atoms with Crippen LogP contribution in [0.4, 0.5) is 11.5 Å². The third-order valence-electron chi connectivity index (χ3n) is 4.91. The second kappa shape index (κ2) is 8.08. The number of halogens is 2. The average molecular weight is 444 g/mol. The van der Waals surface area contributed by atoms with Crippen LogP contribution in [0.2, 0.25) is 10.0 Å². The Morgan fingerprint density at radius 2 is 1.90 bits per heavy atom. The highest BCUT2D eigenvalue weighted by atomic mass is 35.5. The number of hydrogen-bond donors (Lipinski definition) is 1. The van der Waals surface area contributed by atoms with Crippen LogP contribution in [0, 0.1) is 19.8 Å². The highest BCUT2D eigenvalue weighted by Gasteiger charge is 2.35. The molecule has 2 aromatic heterocycles. The zero-order chi connectivity index (χ0) is 21.4. The summed E-state index contributed by atoms with van der Waals surface area (Å²) < 4.78 is 1.46. The van der Waals surface area contributed by atoms with Crippen molar-refractivity contribution in [3.05, 3.63) is 63.9 Å². The van der Waals surface area contributed by atoms with Crippen LogP contribution >= 0.6 is 23.2 Å². The molecule has 1 saturated heterocycles. The number of carbonyl (C=O) groups is 2. The maximum Gasteiger partial charge on any atom is 0.230 e. The lowest BCUT2D eigenvalue weighted by Gasteiger charge is -2.17. The predicted octanol–water partition coefficient (Wildman–Crippen LogP) is 4.18. The summed E-state index contributed by atoms with van der Waals surface area (Å²) in [6.07, 6.45) is 1.60. The molecule has 154 valence electrons. The van der Waals surface area contributed by atoms with Gasteiger partial charge in [0.15, 0.2) is 5.82 Å². The summed E-state index contributed by atoms with van der Waals surface area (Å²) in [4.78, 5) is 31.3. The Balaban J connectivity index is 1.54. The van der Waals surface area contributed by atoms with Crippen molar-refractivity contribution in [2.45, 2.75) is 20.3 Å². The number of rotatable bonds is 4. The van der Waals surface area contributed by atoms with Crippen LogP contribution in [-0.4, -0.2) is 33.1 Å². The highest BCUT2D eigenvalue weighted by Crippen LogP contribution is 2.28. The van der Waals surface area contributed by atoms with Gasteiger partial charge in [-0.25, -0.2) is 4.98 Å².